The first kappa shape index (κ1) is 22.2. The van der Waals surface area contributed by atoms with E-state index in [1.54, 1.807) is 24.3 Å². The molecule has 1 aliphatic rings. The molecule has 0 radical (unpaired) electrons. The van der Waals surface area contributed by atoms with Gasteiger partial charge in [-0.05, 0) is 74.2 Å². The van der Waals surface area contributed by atoms with E-state index < -0.39 is 10.0 Å². The maximum absolute atomic E-state index is 12.6. The van der Waals surface area contributed by atoms with Gasteiger partial charge in [0.25, 0.3) is 15.9 Å². The Bertz CT molecular complexity index is 963. The van der Waals surface area contributed by atoms with Crippen molar-refractivity contribution in [3.05, 3.63) is 53.6 Å². The highest BCUT2D eigenvalue weighted by Gasteiger charge is 2.16. The standard InChI is InChI=1S/C23H30N2O4S/c1-17-9-10-20(15-18(17)2)25-30(27,28)22-13-11-21(12-14-22)29-16-23(26)24-19-7-5-3-4-6-8-19/h9-15,19,25H,3-8,16H2,1-2H3,(H,24,26). The minimum absolute atomic E-state index is 0.0799. The molecular formula is C23H30N2O4S. The number of ether oxygens (including phenoxy) is 1. The van der Waals surface area contributed by atoms with Crippen LogP contribution in [0.25, 0.3) is 0 Å². The number of sulfonamides is 1. The molecular weight excluding hydrogens is 400 g/mol. The molecule has 7 heteroatoms. The Labute approximate surface area is 179 Å². The summed E-state index contributed by atoms with van der Waals surface area (Å²) < 4.78 is 33.3. The summed E-state index contributed by atoms with van der Waals surface area (Å²) in [6, 6.07) is 11.7. The summed E-state index contributed by atoms with van der Waals surface area (Å²) in [4.78, 5) is 12.3. The number of rotatable bonds is 7. The molecule has 6 nitrogen and oxygen atoms in total. The molecule has 1 fully saturated rings. The highest BCUT2D eigenvalue weighted by atomic mass is 32.2. The third-order valence-corrected chi connectivity index (χ3v) is 6.88. The third-order valence-electron chi connectivity index (χ3n) is 5.48. The Morgan fingerprint density at radius 2 is 1.63 bits per heavy atom. The number of anilines is 1. The number of hydrogen-bond donors (Lipinski definition) is 2. The van der Waals surface area contributed by atoms with Crippen LogP contribution in [0, 0.1) is 13.8 Å². The maximum atomic E-state index is 12.6. The van der Waals surface area contributed by atoms with Gasteiger partial charge in [-0.15, -0.1) is 0 Å². The molecule has 1 saturated carbocycles. The molecule has 1 aliphatic carbocycles. The Morgan fingerprint density at radius 3 is 2.27 bits per heavy atom. The van der Waals surface area contributed by atoms with E-state index in [0.717, 1.165) is 36.8 Å². The molecule has 0 spiro atoms. The molecule has 0 unspecified atom stereocenters. The largest absolute Gasteiger partial charge is 0.484 e. The molecule has 2 aromatic rings. The summed E-state index contributed by atoms with van der Waals surface area (Å²) in [5.74, 6) is 0.311. The molecule has 162 valence electrons. The second-order valence-electron chi connectivity index (χ2n) is 7.92. The van der Waals surface area contributed by atoms with Crippen LogP contribution < -0.4 is 14.8 Å². The van der Waals surface area contributed by atoms with Crippen molar-refractivity contribution in [3.8, 4) is 5.75 Å². The van der Waals surface area contributed by atoms with Gasteiger partial charge < -0.3 is 10.1 Å². The summed E-state index contributed by atoms with van der Waals surface area (Å²) >= 11 is 0. The van der Waals surface area contributed by atoms with Crippen LogP contribution in [0.5, 0.6) is 5.75 Å². The molecule has 3 rings (SSSR count). The third kappa shape index (κ3) is 6.23. The topological polar surface area (TPSA) is 84.5 Å². The summed E-state index contributed by atoms with van der Waals surface area (Å²) in [7, 11) is -3.70. The van der Waals surface area contributed by atoms with E-state index in [-0.39, 0.29) is 23.5 Å². The fraction of sp³-hybridized carbons (Fsp3) is 0.435. The maximum Gasteiger partial charge on any atom is 0.261 e. The van der Waals surface area contributed by atoms with Crippen molar-refractivity contribution >= 4 is 21.6 Å². The van der Waals surface area contributed by atoms with Crippen molar-refractivity contribution in [2.45, 2.75) is 63.3 Å². The van der Waals surface area contributed by atoms with Gasteiger partial charge in [-0.25, -0.2) is 8.42 Å². The number of amides is 1. The molecule has 0 atom stereocenters. The van der Waals surface area contributed by atoms with E-state index in [9.17, 15) is 13.2 Å². The minimum Gasteiger partial charge on any atom is -0.484 e. The lowest BCUT2D eigenvalue weighted by atomic mass is 10.1. The van der Waals surface area contributed by atoms with Crippen molar-refractivity contribution in [2.75, 3.05) is 11.3 Å². The Kier molecular flexibility index (Phi) is 7.37. The van der Waals surface area contributed by atoms with Gasteiger partial charge in [0.2, 0.25) is 0 Å². The SMILES string of the molecule is Cc1ccc(NS(=O)(=O)c2ccc(OCC(=O)NC3CCCCCC3)cc2)cc1C. The summed E-state index contributed by atoms with van der Waals surface area (Å²) in [5.41, 5.74) is 2.64. The summed E-state index contributed by atoms with van der Waals surface area (Å²) in [5, 5.41) is 3.03. The highest BCUT2D eigenvalue weighted by molar-refractivity contribution is 7.92. The molecule has 1 amide bonds. The van der Waals surface area contributed by atoms with E-state index >= 15 is 0 Å². The molecule has 0 aromatic heterocycles. The fourth-order valence-electron chi connectivity index (χ4n) is 3.58. The van der Waals surface area contributed by atoms with Gasteiger partial charge in [0.15, 0.2) is 6.61 Å². The number of carbonyl (C=O) groups is 1. The lowest BCUT2D eigenvalue weighted by Gasteiger charge is -2.16. The smallest absolute Gasteiger partial charge is 0.261 e. The number of nitrogens with one attached hydrogen (secondary N) is 2. The Morgan fingerprint density at radius 1 is 0.967 bits per heavy atom. The predicted octanol–water partition coefficient (Wildman–Crippen LogP) is 4.32. The zero-order valence-corrected chi connectivity index (χ0v) is 18.4. The van der Waals surface area contributed by atoms with Crippen molar-refractivity contribution in [1.82, 2.24) is 5.32 Å². The Balaban J connectivity index is 1.54. The summed E-state index contributed by atoms with van der Waals surface area (Å²) in [6.07, 6.45) is 6.81. The first-order valence-corrected chi connectivity index (χ1v) is 11.9. The zero-order chi connectivity index (χ0) is 21.6. The van der Waals surface area contributed by atoms with Crippen molar-refractivity contribution in [1.29, 1.82) is 0 Å². The van der Waals surface area contributed by atoms with Crippen LogP contribution >= 0.6 is 0 Å². The van der Waals surface area contributed by atoms with Gasteiger partial charge in [0.05, 0.1) is 4.90 Å². The van der Waals surface area contributed by atoms with Crippen molar-refractivity contribution in [2.24, 2.45) is 0 Å². The molecule has 2 N–H and O–H groups in total. The van der Waals surface area contributed by atoms with E-state index in [1.807, 2.05) is 19.9 Å². The second kappa shape index (κ2) is 9.98. The quantitative estimate of drug-likeness (QED) is 0.641. The van der Waals surface area contributed by atoms with Crippen LogP contribution in [0.3, 0.4) is 0 Å². The summed E-state index contributed by atoms with van der Waals surface area (Å²) in [6.45, 7) is 3.83. The lowest BCUT2D eigenvalue weighted by molar-refractivity contribution is -0.123. The minimum atomic E-state index is -3.70. The van der Waals surface area contributed by atoms with E-state index in [1.165, 1.54) is 25.0 Å². The fourth-order valence-corrected chi connectivity index (χ4v) is 4.63. The first-order chi connectivity index (χ1) is 14.3. The van der Waals surface area contributed by atoms with Crippen LogP contribution in [0.4, 0.5) is 5.69 Å². The van der Waals surface area contributed by atoms with Gasteiger partial charge in [0, 0.05) is 11.7 Å². The first-order valence-electron chi connectivity index (χ1n) is 10.5. The van der Waals surface area contributed by atoms with Crippen LogP contribution in [-0.4, -0.2) is 27.0 Å². The average Bonchev–Trinajstić information content (AvgIpc) is 2.98. The van der Waals surface area contributed by atoms with Crippen LogP contribution in [0.2, 0.25) is 0 Å². The molecule has 2 aromatic carbocycles. The average molecular weight is 431 g/mol. The number of benzene rings is 2. The van der Waals surface area contributed by atoms with Gasteiger partial charge >= 0.3 is 0 Å². The number of aryl methyl sites for hydroxylation is 2. The van der Waals surface area contributed by atoms with Gasteiger partial charge in [-0.2, -0.15) is 0 Å². The molecule has 0 saturated heterocycles. The number of carbonyl (C=O) groups excluding carboxylic acids is 1. The number of hydrogen-bond acceptors (Lipinski definition) is 4. The van der Waals surface area contributed by atoms with Gasteiger partial charge in [-0.3, -0.25) is 9.52 Å². The van der Waals surface area contributed by atoms with E-state index in [2.05, 4.69) is 10.0 Å². The van der Waals surface area contributed by atoms with Crippen LogP contribution in [0.1, 0.15) is 49.7 Å². The molecule has 0 aliphatic heterocycles. The van der Waals surface area contributed by atoms with Crippen molar-refractivity contribution in [3.63, 3.8) is 0 Å². The highest BCUT2D eigenvalue weighted by Crippen LogP contribution is 2.21. The monoisotopic (exact) mass is 430 g/mol. The van der Waals surface area contributed by atoms with E-state index in [0.29, 0.717) is 11.4 Å². The normalized spacial score (nSPS) is 15.3. The van der Waals surface area contributed by atoms with Crippen LogP contribution in [0.15, 0.2) is 47.4 Å². The van der Waals surface area contributed by atoms with E-state index in [4.69, 9.17) is 4.74 Å². The van der Waals surface area contributed by atoms with Gasteiger partial charge in [-0.1, -0.05) is 31.7 Å². The van der Waals surface area contributed by atoms with Gasteiger partial charge in [0.1, 0.15) is 5.75 Å². The second-order valence-corrected chi connectivity index (χ2v) is 9.60. The Hall–Kier alpha value is -2.54. The lowest BCUT2D eigenvalue weighted by Crippen LogP contribution is -2.37. The molecule has 30 heavy (non-hydrogen) atoms. The molecule has 0 bridgehead atoms. The van der Waals surface area contributed by atoms with Crippen molar-refractivity contribution < 1.29 is 17.9 Å². The van der Waals surface area contributed by atoms with Crippen LogP contribution in [-0.2, 0) is 14.8 Å². The zero-order valence-electron chi connectivity index (χ0n) is 17.6. The molecule has 0 heterocycles. The predicted molar refractivity (Wildman–Crippen MR) is 118 cm³/mol.